The second-order valence-corrected chi connectivity index (χ2v) is 12.4. The van der Waals surface area contributed by atoms with Gasteiger partial charge in [0.2, 0.25) is 15.9 Å². The number of hydrogen-bond donors (Lipinski definition) is 2. The fourth-order valence-electron chi connectivity index (χ4n) is 2.84. The fraction of sp³-hybridized carbons (Fsp3) is 0.0952. The first-order chi connectivity index (χ1) is 15.8. The van der Waals surface area contributed by atoms with Crippen LogP contribution in [-0.4, -0.2) is 35.5 Å². The number of carbonyl (C=O) groups is 1. The summed E-state index contributed by atoms with van der Waals surface area (Å²) in [7, 11) is -7.69. The zero-order valence-corrected chi connectivity index (χ0v) is 22.2. The van der Waals surface area contributed by atoms with Gasteiger partial charge in [-0.2, -0.15) is 0 Å². The Morgan fingerprint density at radius 1 is 0.912 bits per heavy atom. The molecule has 0 unspecified atom stereocenters. The smallest absolute Gasteiger partial charge is 0.261 e. The Hall–Kier alpha value is -2.31. The highest BCUT2D eigenvalue weighted by atomic mass is 79.9. The van der Waals surface area contributed by atoms with Crippen molar-refractivity contribution in [2.45, 2.75) is 4.90 Å². The second kappa shape index (κ2) is 10.5. The molecule has 180 valence electrons. The van der Waals surface area contributed by atoms with E-state index in [0.29, 0.717) is 10.7 Å². The highest BCUT2D eigenvalue weighted by Crippen LogP contribution is 2.30. The molecule has 13 heteroatoms. The van der Waals surface area contributed by atoms with Crippen LogP contribution >= 0.6 is 39.1 Å². The zero-order valence-electron chi connectivity index (χ0n) is 17.5. The van der Waals surface area contributed by atoms with Crippen LogP contribution in [0, 0.1) is 0 Å². The number of hydrogen-bond acceptors (Lipinski definition) is 5. The van der Waals surface area contributed by atoms with Crippen molar-refractivity contribution in [1.29, 1.82) is 0 Å². The van der Waals surface area contributed by atoms with Crippen molar-refractivity contribution >= 4 is 82.1 Å². The molecule has 3 aromatic carbocycles. The fourth-order valence-corrected chi connectivity index (χ4v) is 5.60. The van der Waals surface area contributed by atoms with E-state index < -0.39 is 32.5 Å². The molecule has 0 saturated carbocycles. The number of benzene rings is 3. The Morgan fingerprint density at radius 2 is 1.50 bits per heavy atom. The number of amides is 1. The predicted octanol–water partition coefficient (Wildman–Crippen LogP) is 4.96. The summed E-state index contributed by atoms with van der Waals surface area (Å²) in [6, 6.07) is 16.3. The molecule has 8 nitrogen and oxygen atoms in total. The number of carbonyl (C=O) groups excluding carboxylic acids is 1. The molecular weight excluding hydrogens is 589 g/mol. The number of rotatable bonds is 8. The third kappa shape index (κ3) is 6.86. The highest BCUT2D eigenvalue weighted by molar-refractivity contribution is 9.10. The molecular formula is C21H18BrCl2N3O5S2. The van der Waals surface area contributed by atoms with E-state index in [-0.39, 0.29) is 21.3 Å². The Labute approximate surface area is 216 Å². The van der Waals surface area contributed by atoms with Crippen molar-refractivity contribution < 1.29 is 21.6 Å². The lowest BCUT2D eigenvalue weighted by atomic mass is 10.3. The molecule has 0 atom stereocenters. The van der Waals surface area contributed by atoms with Gasteiger partial charge in [0.25, 0.3) is 10.0 Å². The van der Waals surface area contributed by atoms with Gasteiger partial charge >= 0.3 is 0 Å². The average Bonchev–Trinajstić information content (AvgIpc) is 2.74. The van der Waals surface area contributed by atoms with Crippen LogP contribution in [0.3, 0.4) is 0 Å². The molecule has 0 fully saturated rings. The number of sulfonamides is 2. The van der Waals surface area contributed by atoms with Crippen molar-refractivity contribution in [3.8, 4) is 0 Å². The quantitative estimate of drug-likeness (QED) is 0.376. The van der Waals surface area contributed by atoms with Crippen molar-refractivity contribution in [2.75, 3.05) is 27.1 Å². The van der Waals surface area contributed by atoms with Crippen LogP contribution in [0.4, 0.5) is 17.1 Å². The van der Waals surface area contributed by atoms with Gasteiger partial charge in [-0.05, 0) is 66.7 Å². The third-order valence-electron chi connectivity index (χ3n) is 4.41. The van der Waals surface area contributed by atoms with Gasteiger partial charge in [-0.3, -0.25) is 13.8 Å². The van der Waals surface area contributed by atoms with Crippen LogP contribution in [-0.2, 0) is 24.8 Å². The maximum absolute atomic E-state index is 12.6. The van der Waals surface area contributed by atoms with Gasteiger partial charge < -0.3 is 5.32 Å². The Kier molecular flexibility index (Phi) is 8.14. The van der Waals surface area contributed by atoms with Crippen LogP contribution in [0.15, 0.2) is 76.1 Å². The van der Waals surface area contributed by atoms with E-state index >= 15 is 0 Å². The van der Waals surface area contributed by atoms with E-state index in [1.54, 1.807) is 24.3 Å². The first kappa shape index (κ1) is 26.3. The second-order valence-electron chi connectivity index (χ2n) is 7.05. The minimum absolute atomic E-state index is 0.0147. The molecule has 0 aliphatic carbocycles. The van der Waals surface area contributed by atoms with E-state index in [4.69, 9.17) is 23.2 Å². The monoisotopic (exact) mass is 605 g/mol. The van der Waals surface area contributed by atoms with Gasteiger partial charge in [0.1, 0.15) is 6.54 Å². The molecule has 3 aromatic rings. The molecule has 0 spiro atoms. The molecule has 0 heterocycles. The summed E-state index contributed by atoms with van der Waals surface area (Å²) in [5.41, 5.74) is 0.773. The van der Waals surface area contributed by atoms with E-state index in [9.17, 15) is 21.6 Å². The molecule has 34 heavy (non-hydrogen) atoms. The van der Waals surface area contributed by atoms with E-state index in [0.717, 1.165) is 15.0 Å². The molecule has 0 aliphatic heterocycles. The number of halogens is 3. The molecule has 0 aromatic heterocycles. The van der Waals surface area contributed by atoms with Gasteiger partial charge in [-0.1, -0.05) is 39.1 Å². The summed E-state index contributed by atoms with van der Waals surface area (Å²) in [6.07, 6.45) is 0.948. The minimum Gasteiger partial charge on any atom is -0.325 e. The minimum atomic E-state index is -3.85. The standard InChI is InChI=1S/C21H18BrCl2N3O5S2/c1-33(29,30)27(20-11-4-15(23)12-19(20)24)13-21(28)25-16-7-9-18(10-8-16)34(31,32)26-17-5-2-14(22)3-6-17/h2-12,26H,13H2,1H3,(H,25,28). The van der Waals surface area contributed by atoms with Gasteiger partial charge in [-0.15, -0.1) is 0 Å². The van der Waals surface area contributed by atoms with Gasteiger partial charge in [-0.25, -0.2) is 16.8 Å². The lowest BCUT2D eigenvalue weighted by Crippen LogP contribution is -2.37. The topological polar surface area (TPSA) is 113 Å². The van der Waals surface area contributed by atoms with Crippen LogP contribution < -0.4 is 14.3 Å². The van der Waals surface area contributed by atoms with E-state index in [2.05, 4.69) is 26.0 Å². The average molecular weight is 607 g/mol. The van der Waals surface area contributed by atoms with Crippen molar-refractivity contribution in [3.63, 3.8) is 0 Å². The third-order valence-corrected chi connectivity index (χ3v) is 8.00. The normalized spacial score (nSPS) is 11.6. The first-order valence-electron chi connectivity index (χ1n) is 9.46. The molecule has 0 saturated heterocycles. The Morgan fingerprint density at radius 3 is 2.06 bits per heavy atom. The van der Waals surface area contributed by atoms with Crippen molar-refractivity contribution in [3.05, 3.63) is 81.2 Å². The van der Waals surface area contributed by atoms with Crippen LogP contribution in [0.5, 0.6) is 0 Å². The van der Waals surface area contributed by atoms with Gasteiger partial charge in [0.05, 0.1) is 21.9 Å². The van der Waals surface area contributed by atoms with E-state index in [1.807, 2.05) is 0 Å². The lowest BCUT2D eigenvalue weighted by molar-refractivity contribution is -0.114. The Balaban J connectivity index is 1.72. The SMILES string of the molecule is CS(=O)(=O)N(CC(=O)Nc1ccc(S(=O)(=O)Nc2ccc(Br)cc2)cc1)c1ccc(Cl)cc1Cl. The number of nitrogens with one attached hydrogen (secondary N) is 2. The van der Waals surface area contributed by atoms with Crippen molar-refractivity contribution in [1.82, 2.24) is 0 Å². The molecule has 0 radical (unpaired) electrons. The molecule has 2 N–H and O–H groups in total. The summed E-state index contributed by atoms with van der Waals surface area (Å²) in [5.74, 6) is -0.653. The lowest BCUT2D eigenvalue weighted by Gasteiger charge is -2.23. The number of anilines is 3. The number of nitrogens with zero attached hydrogens (tertiary/aromatic N) is 1. The van der Waals surface area contributed by atoms with Gasteiger partial charge in [0, 0.05) is 20.9 Å². The van der Waals surface area contributed by atoms with Crippen molar-refractivity contribution in [2.24, 2.45) is 0 Å². The van der Waals surface area contributed by atoms with Gasteiger partial charge in [0.15, 0.2) is 0 Å². The largest absolute Gasteiger partial charge is 0.325 e. The predicted molar refractivity (Wildman–Crippen MR) is 139 cm³/mol. The zero-order chi connectivity index (χ0) is 25.1. The molecule has 0 aliphatic rings. The first-order valence-corrected chi connectivity index (χ1v) is 14.3. The summed E-state index contributed by atoms with van der Waals surface area (Å²) in [4.78, 5) is 12.5. The highest BCUT2D eigenvalue weighted by Gasteiger charge is 2.23. The van der Waals surface area contributed by atoms with Crippen LogP contribution in [0.1, 0.15) is 0 Å². The summed E-state index contributed by atoms with van der Waals surface area (Å²) in [5, 5.41) is 2.93. The summed E-state index contributed by atoms with van der Waals surface area (Å²) in [6.45, 7) is -0.550. The van der Waals surface area contributed by atoms with Crippen LogP contribution in [0.2, 0.25) is 10.0 Å². The maximum atomic E-state index is 12.6. The Bertz CT molecular complexity index is 1420. The molecule has 0 bridgehead atoms. The summed E-state index contributed by atoms with van der Waals surface area (Å²) >= 11 is 15.3. The maximum Gasteiger partial charge on any atom is 0.261 e. The molecule has 3 rings (SSSR count). The summed E-state index contributed by atoms with van der Waals surface area (Å²) < 4.78 is 53.8. The molecule has 1 amide bonds. The van der Waals surface area contributed by atoms with Crippen LogP contribution in [0.25, 0.3) is 0 Å². The van der Waals surface area contributed by atoms with E-state index in [1.165, 1.54) is 42.5 Å².